The van der Waals surface area contributed by atoms with Crippen LogP contribution in [-0.4, -0.2) is 32.1 Å². The number of benzene rings is 3. The van der Waals surface area contributed by atoms with Crippen LogP contribution in [0.4, 0.5) is 24.5 Å². The maximum atomic E-state index is 15.7. The van der Waals surface area contributed by atoms with Gasteiger partial charge in [0.25, 0.3) is 5.69 Å². The third-order valence-electron chi connectivity index (χ3n) is 6.99. The summed E-state index contributed by atoms with van der Waals surface area (Å²) in [6.45, 7) is 10.6. The number of carboxylic acid groups (broad SMARTS) is 1. The fourth-order valence-corrected chi connectivity index (χ4v) is 4.85. The Hall–Kier alpha value is -4.32. The van der Waals surface area contributed by atoms with Crippen molar-refractivity contribution in [3.8, 4) is 22.5 Å². The van der Waals surface area contributed by atoms with E-state index in [1.807, 2.05) is 0 Å². The summed E-state index contributed by atoms with van der Waals surface area (Å²) in [6.07, 6.45) is 2.09. The van der Waals surface area contributed by atoms with Gasteiger partial charge >= 0.3 is 0 Å². The van der Waals surface area contributed by atoms with Gasteiger partial charge in [-0.15, -0.1) is 0 Å². The fraction of sp³-hybridized carbons (Fsp3) is 0.222. The first kappa shape index (κ1) is 22.2. The molecule has 3 aliphatic heterocycles. The zero-order chi connectivity index (χ0) is 25.1. The second kappa shape index (κ2) is 8.12. The predicted octanol–water partition coefficient (Wildman–Crippen LogP) is 3.92. The highest BCUT2D eigenvalue weighted by atomic mass is 19.2. The molecule has 2 fully saturated rings. The third-order valence-corrected chi connectivity index (χ3v) is 6.99. The van der Waals surface area contributed by atoms with Crippen LogP contribution in [0.25, 0.3) is 38.3 Å². The molecule has 0 bridgehead atoms. The number of rotatable bonds is 3. The van der Waals surface area contributed by atoms with Crippen LogP contribution >= 0.6 is 0 Å². The Bertz CT molecular complexity index is 1680. The van der Waals surface area contributed by atoms with Gasteiger partial charge in [-0.05, 0) is 24.6 Å². The second-order valence-electron chi connectivity index (χ2n) is 8.96. The van der Waals surface area contributed by atoms with Crippen LogP contribution < -0.4 is 19.9 Å². The van der Waals surface area contributed by atoms with Crippen LogP contribution in [0.1, 0.15) is 23.2 Å². The van der Waals surface area contributed by atoms with Crippen molar-refractivity contribution < 1.29 is 27.5 Å². The number of carbonyl (C=O) groups is 1. The Morgan fingerprint density at radius 2 is 1.78 bits per heavy atom. The lowest BCUT2D eigenvalue weighted by atomic mass is 9.89. The molecule has 1 aliphatic carbocycles. The number of aromatic carboxylic acids is 1. The molecular formula is C27H18F3N3O3. The number of fused-ring (bicyclic) bond motifs is 2. The first-order valence-corrected chi connectivity index (χ1v) is 11.5. The standard InChI is InChI=1S/C27H18F3N3O3/c1-31-26-24(29)21(22(27(34)35)23(28)25(26)30)20-16-6-4-14(32-8-2-9-32)12-18(16)36-19-13-15(5-7-17(19)20)33-10-3-11-33/h4-7,12-13H,2-3,8-11H2. The van der Waals surface area contributed by atoms with Crippen molar-refractivity contribution in [1.29, 1.82) is 0 Å². The van der Waals surface area contributed by atoms with E-state index < -0.39 is 40.2 Å². The summed E-state index contributed by atoms with van der Waals surface area (Å²) in [7, 11) is 0. The SMILES string of the molecule is [C-]#[N+]c1c(F)c(F)c(C(=O)[O-])c(-c2c3ccc(=[N+]4CCC4)cc-3oc3cc(N4CCC4)ccc23)c1F. The van der Waals surface area contributed by atoms with Crippen LogP contribution in [0, 0.1) is 24.0 Å². The van der Waals surface area contributed by atoms with Crippen molar-refractivity contribution in [3.63, 3.8) is 0 Å². The van der Waals surface area contributed by atoms with Crippen molar-refractivity contribution in [2.24, 2.45) is 0 Å². The largest absolute Gasteiger partial charge is 0.545 e. The highest BCUT2D eigenvalue weighted by Gasteiger charge is 2.31. The van der Waals surface area contributed by atoms with Crippen molar-refractivity contribution in [2.75, 3.05) is 31.1 Å². The van der Waals surface area contributed by atoms with Crippen LogP contribution in [0.5, 0.6) is 0 Å². The average molecular weight is 489 g/mol. The van der Waals surface area contributed by atoms with E-state index in [-0.39, 0.29) is 5.56 Å². The van der Waals surface area contributed by atoms with Gasteiger partial charge in [-0.2, -0.15) is 0 Å². The van der Waals surface area contributed by atoms with E-state index in [0.29, 0.717) is 22.3 Å². The zero-order valence-corrected chi connectivity index (χ0v) is 18.9. The number of hydrogen-bond donors (Lipinski definition) is 0. The number of nitrogens with zero attached hydrogens (tertiary/aromatic N) is 3. The van der Waals surface area contributed by atoms with Crippen molar-refractivity contribution in [1.82, 2.24) is 4.58 Å². The molecule has 36 heavy (non-hydrogen) atoms. The summed E-state index contributed by atoms with van der Waals surface area (Å²) in [4.78, 5) is 16.9. The van der Waals surface area contributed by atoms with Gasteiger partial charge in [-0.1, -0.05) is 0 Å². The number of halogens is 3. The Kier molecular flexibility index (Phi) is 5.00. The molecule has 0 unspecified atom stereocenters. The molecule has 6 rings (SSSR count). The molecule has 0 saturated carbocycles. The number of carbonyl (C=O) groups excluding carboxylic acids is 1. The third kappa shape index (κ3) is 3.18. The molecule has 0 N–H and O–H groups in total. The Morgan fingerprint density at radius 1 is 1.00 bits per heavy atom. The fourth-order valence-electron chi connectivity index (χ4n) is 4.85. The minimum Gasteiger partial charge on any atom is -0.545 e. The molecule has 0 aromatic heterocycles. The quantitative estimate of drug-likeness (QED) is 0.189. The summed E-state index contributed by atoms with van der Waals surface area (Å²) >= 11 is 0. The molecule has 4 aliphatic rings. The van der Waals surface area contributed by atoms with Crippen molar-refractivity contribution in [3.05, 3.63) is 76.2 Å². The monoisotopic (exact) mass is 489 g/mol. The van der Waals surface area contributed by atoms with E-state index in [1.54, 1.807) is 36.4 Å². The second-order valence-corrected chi connectivity index (χ2v) is 8.96. The first-order chi connectivity index (χ1) is 17.4. The van der Waals surface area contributed by atoms with E-state index in [1.165, 1.54) is 0 Å². The topological polar surface area (TPSA) is 63.9 Å². The molecule has 0 atom stereocenters. The van der Waals surface area contributed by atoms with Gasteiger partial charge in [0.15, 0.2) is 11.6 Å². The van der Waals surface area contributed by atoms with Crippen molar-refractivity contribution in [2.45, 2.75) is 12.8 Å². The van der Waals surface area contributed by atoms with Gasteiger partial charge in [0.2, 0.25) is 5.36 Å². The summed E-state index contributed by atoms with van der Waals surface area (Å²) in [5.41, 5.74) is -1.74. The normalized spacial score (nSPS) is 15.1. The Labute approximate surface area is 203 Å². The lowest BCUT2D eigenvalue weighted by Crippen LogP contribution is -2.40. The molecule has 9 heteroatoms. The lowest BCUT2D eigenvalue weighted by Gasteiger charge is -2.33. The van der Waals surface area contributed by atoms with E-state index in [0.717, 1.165) is 50.1 Å². The molecule has 0 amide bonds. The predicted molar refractivity (Wildman–Crippen MR) is 125 cm³/mol. The summed E-state index contributed by atoms with van der Waals surface area (Å²) in [6, 6.07) is 10.4. The van der Waals surface area contributed by atoms with Crippen molar-refractivity contribution >= 4 is 28.3 Å². The molecule has 0 radical (unpaired) electrons. The highest BCUT2D eigenvalue weighted by molar-refractivity contribution is 6.08. The molecule has 2 aromatic carbocycles. The van der Waals surface area contributed by atoms with E-state index >= 15 is 4.39 Å². The highest BCUT2D eigenvalue weighted by Crippen LogP contribution is 2.46. The summed E-state index contributed by atoms with van der Waals surface area (Å²) in [5, 5.41) is 13.1. The zero-order valence-electron chi connectivity index (χ0n) is 18.9. The van der Waals surface area contributed by atoms with E-state index in [2.05, 4.69) is 14.3 Å². The number of carboxylic acids is 1. The smallest absolute Gasteiger partial charge is 0.260 e. The minimum absolute atomic E-state index is 0.00271. The van der Waals surface area contributed by atoms with E-state index in [9.17, 15) is 18.7 Å². The molecule has 6 nitrogen and oxygen atoms in total. The Morgan fingerprint density at radius 3 is 2.39 bits per heavy atom. The Balaban J connectivity index is 1.77. The summed E-state index contributed by atoms with van der Waals surface area (Å²) < 4.78 is 53.4. The molecule has 2 saturated heterocycles. The van der Waals surface area contributed by atoms with Gasteiger partial charge in [-0.3, -0.25) is 0 Å². The number of anilines is 1. The summed E-state index contributed by atoms with van der Waals surface area (Å²) in [5.74, 6) is -6.93. The van der Waals surface area contributed by atoms with E-state index in [4.69, 9.17) is 11.0 Å². The van der Waals surface area contributed by atoms with Gasteiger partial charge in [0, 0.05) is 58.5 Å². The van der Waals surface area contributed by atoms with Crippen LogP contribution in [0.3, 0.4) is 0 Å². The van der Waals surface area contributed by atoms with Crippen LogP contribution in [0.15, 0.2) is 40.8 Å². The van der Waals surface area contributed by atoms with Gasteiger partial charge < -0.3 is 19.2 Å². The maximum Gasteiger partial charge on any atom is 0.260 e. The first-order valence-electron chi connectivity index (χ1n) is 11.5. The minimum atomic E-state index is -2.09. The lowest BCUT2D eigenvalue weighted by molar-refractivity contribution is -0.255. The number of hydrogen-bond acceptors (Lipinski definition) is 4. The molecule has 3 heterocycles. The van der Waals surface area contributed by atoms with Crippen LogP contribution in [0.2, 0.25) is 0 Å². The van der Waals surface area contributed by atoms with Gasteiger partial charge in [-0.25, -0.2) is 22.6 Å². The molecule has 2 aromatic rings. The molecular weight excluding hydrogens is 471 g/mol. The maximum absolute atomic E-state index is 15.7. The molecule has 180 valence electrons. The average Bonchev–Trinajstić information content (AvgIpc) is 2.78. The van der Waals surface area contributed by atoms with Gasteiger partial charge in [0.1, 0.15) is 30.3 Å². The van der Waals surface area contributed by atoms with Gasteiger partial charge in [0.05, 0.1) is 25.0 Å². The molecule has 0 spiro atoms. The van der Waals surface area contributed by atoms with Crippen LogP contribution in [-0.2, 0) is 0 Å².